The zero-order valence-electron chi connectivity index (χ0n) is 10.1. The molecule has 0 bridgehead atoms. The van der Waals surface area contributed by atoms with Crippen LogP contribution in [0.4, 0.5) is 5.82 Å². The summed E-state index contributed by atoms with van der Waals surface area (Å²) in [6.45, 7) is 7.87. The molecule has 1 rings (SSSR count). The van der Waals surface area contributed by atoms with Crippen molar-refractivity contribution in [3.8, 4) is 0 Å². The van der Waals surface area contributed by atoms with Crippen molar-refractivity contribution in [2.24, 2.45) is 0 Å². The Morgan fingerprint density at radius 3 is 2.56 bits per heavy atom. The number of rotatable bonds is 4. The molecule has 0 aliphatic carbocycles. The molecule has 0 aromatic carbocycles. The molecule has 2 N–H and O–H groups in total. The quantitative estimate of drug-likeness (QED) is 0.798. The Morgan fingerprint density at radius 1 is 1.44 bits per heavy atom. The van der Waals surface area contributed by atoms with Gasteiger partial charge in [0.25, 0.3) is 0 Å². The third kappa shape index (κ3) is 3.06. The lowest BCUT2D eigenvalue weighted by molar-refractivity contribution is 0.233. The van der Waals surface area contributed by atoms with Crippen LogP contribution in [0.25, 0.3) is 0 Å². The standard InChI is InChI=1S/C11H18ClN3O/c1-7(2)8-9(12)13-6-14-10(8)15-11(3,4)5-16/h6-7,16H,5H2,1-4H3,(H,13,14,15). The maximum absolute atomic E-state index is 9.22. The largest absolute Gasteiger partial charge is 0.394 e. The summed E-state index contributed by atoms with van der Waals surface area (Å²) in [5, 5.41) is 12.8. The van der Waals surface area contributed by atoms with Crippen molar-refractivity contribution in [3.63, 3.8) is 0 Å². The Bertz CT molecular complexity index is 366. The molecule has 0 saturated carbocycles. The molecule has 0 unspecified atom stereocenters. The molecule has 0 saturated heterocycles. The van der Waals surface area contributed by atoms with Gasteiger partial charge in [-0.3, -0.25) is 0 Å². The average Bonchev–Trinajstić information content (AvgIpc) is 2.16. The van der Waals surface area contributed by atoms with E-state index in [0.717, 1.165) is 5.56 Å². The van der Waals surface area contributed by atoms with Crippen LogP contribution in [0.5, 0.6) is 0 Å². The predicted molar refractivity (Wildman–Crippen MR) is 65.9 cm³/mol. The summed E-state index contributed by atoms with van der Waals surface area (Å²) in [6, 6.07) is 0. The average molecular weight is 244 g/mol. The van der Waals surface area contributed by atoms with Crippen LogP contribution < -0.4 is 5.32 Å². The van der Waals surface area contributed by atoms with E-state index < -0.39 is 5.54 Å². The van der Waals surface area contributed by atoms with E-state index in [4.69, 9.17) is 11.6 Å². The lowest BCUT2D eigenvalue weighted by Gasteiger charge is -2.26. The number of hydrogen-bond donors (Lipinski definition) is 2. The molecule has 90 valence electrons. The molecule has 1 aromatic rings. The van der Waals surface area contributed by atoms with Crippen LogP contribution in [0.3, 0.4) is 0 Å². The summed E-state index contributed by atoms with van der Waals surface area (Å²) < 4.78 is 0. The maximum atomic E-state index is 9.22. The topological polar surface area (TPSA) is 58.0 Å². The molecular weight excluding hydrogens is 226 g/mol. The van der Waals surface area contributed by atoms with Gasteiger partial charge in [0.05, 0.1) is 12.1 Å². The van der Waals surface area contributed by atoms with Gasteiger partial charge in [-0.1, -0.05) is 25.4 Å². The summed E-state index contributed by atoms with van der Waals surface area (Å²) in [5.41, 5.74) is 0.451. The van der Waals surface area contributed by atoms with Gasteiger partial charge >= 0.3 is 0 Å². The smallest absolute Gasteiger partial charge is 0.138 e. The van der Waals surface area contributed by atoms with E-state index in [9.17, 15) is 5.11 Å². The molecule has 0 amide bonds. The third-order valence-electron chi connectivity index (χ3n) is 2.26. The zero-order valence-corrected chi connectivity index (χ0v) is 10.8. The molecule has 0 spiro atoms. The molecule has 1 aromatic heterocycles. The molecule has 5 heteroatoms. The Balaban J connectivity index is 3.09. The number of hydrogen-bond acceptors (Lipinski definition) is 4. The van der Waals surface area contributed by atoms with Crippen molar-refractivity contribution in [1.82, 2.24) is 9.97 Å². The minimum absolute atomic E-state index is 0.0200. The first-order valence-corrected chi connectivity index (χ1v) is 5.64. The SMILES string of the molecule is CC(C)c1c(Cl)ncnc1NC(C)(C)CO. The Labute approximate surface area is 101 Å². The normalized spacial score (nSPS) is 11.9. The highest BCUT2D eigenvalue weighted by Gasteiger charge is 2.21. The zero-order chi connectivity index (χ0) is 12.3. The first-order chi connectivity index (χ1) is 7.37. The monoisotopic (exact) mass is 243 g/mol. The molecular formula is C11H18ClN3O. The molecule has 0 fully saturated rings. The summed E-state index contributed by atoms with van der Waals surface area (Å²) in [6.07, 6.45) is 1.42. The maximum Gasteiger partial charge on any atom is 0.138 e. The van der Waals surface area contributed by atoms with Gasteiger partial charge in [-0.15, -0.1) is 0 Å². The van der Waals surface area contributed by atoms with Crippen LogP contribution >= 0.6 is 11.6 Å². The summed E-state index contributed by atoms with van der Waals surface area (Å²) in [7, 11) is 0. The number of aromatic nitrogens is 2. The van der Waals surface area contributed by atoms with E-state index in [0.29, 0.717) is 11.0 Å². The van der Waals surface area contributed by atoms with Crippen LogP contribution in [0, 0.1) is 0 Å². The lowest BCUT2D eigenvalue weighted by atomic mass is 10.0. The van der Waals surface area contributed by atoms with E-state index in [1.165, 1.54) is 6.33 Å². The van der Waals surface area contributed by atoms with Gasteiger partial charge in [-0.05, 0) is 19.8 Å². The van der Waals surface area contributed by atoms with Gasteiger partial charge in [0.1, 0.15) is 17.3 Å². The van der Waals surface area contributed by atoms with Crippen LogP contribution in [-0.2, 0) is 0 Å². The van der Waals surface area contributed by atoms with Gasteiger partial charge in [0, 0.05) is 5.56 Å². The third-order valence-corrected chi connectivity index (χ3v) is 2.57. The molecule has 0 aliphatic rings. The van der Waals surface area contributed by atoms with Crippen molar-refractivity contribution in [3.05, 3.63) is 17.0 Å². The van der Waals surface area contributed by atoms with Crippen LogP contribution in [-0.4, -0.2) is 27.2 Å². The highest BCUT2D eigenvalue weighted by atomic mass is 35.5. The highest BCUT2D eigenvalue weighted by molar-refractivity contribution is 6.30. The van der Waals surface area contributed by atoms with Crippen LogP contribution in [0.1, 0.15) is 39.2 Å². The van der Waals surface area contributed by atoms with Gasteiger partial charge < -0.3 is 10.4 Å². The van der Waals surface area contributed by atoms with E-state index in [1.807, 2.05) is 27.7 Å². The number of aliphatic hydroxyl groups excluding tert-OH is 1. The lowest BCUT2D eigenvalue weighted by Crippen LogP contribution is -2.35. The van der Waals surface area contributed by atoms with E-state index >= 15 is 0 Å². The van der Waals surface area contributed by atoms with E-state index in [1.54, 1.807) is 0 Å². The van der Waals surface area contributed by atoms with Gasteiger partial charge in [0.2, 0.25) is 0 Å². The van der Waals surface area contributed by atoms with E-state index in [2.05, 4.69) is 15.3 Å². The van der Waals surface area contributed by atoms with Crippen molar-refractivity contribution in [2.45, 2.75) is 39.2 Å². The predicted octanol–water partition coefficient (Wildman–Crippen LogP) is 2.44. The fraction of sp³-hybridized carbons (Fsp3) is 0.636. The number of aliphatic hydroxyl groups is 1. The number of nitrogens with zero attached hydrogens (tertiary/aromatic N) is 2. The molecule has 0 atom stereocenters. The number of halogens is 1. The highest BCUT2D eigenvalue weighted by Crippen LogP contribution is 2.29. The van der Waals surface area contributed by atoms with Crippen molar-refractivity contribution >= 4 is 17.4 Å². The molecule has 1 heterocycles. The second-order valence-corrected chi connectivity index (χ2v) is 5.11. The second-order valence-electron chi connectivity index (χ2n) is 4.75. The summed E-state index contributed by atoms with van der Waals surface area (Å²) >= 11 is 6.04. The Hall–Kier alpha value is -0.870. The second kappa shape index (κ2) is 4.97. The summed E-state index contributed by atoms with van der Waals surface area (Å²) in [4.78, 5) is 8.14. The number of anilines is 1. The first-order valence-electron chi connectivity index (χ1n) is 5.27. The fourth-order valence-corrected chi connectivity index (χ4v) is 1.70. The fourth-order valence-electron chi connectivity index (χ4n) is 1.35. The van der Waals surface area contributed by atoms with Gasteiger partial charge in [-0.25, -0.2) is 9.97 Å². The minimum atomic E-state index is -0.429. The van der Waals surface area contributed by atoms with Crippen LogP contribution in [0.2, 0.25) is 5.15 Å². The molecule has 0 radical (unpaired) electrons. The van der Waals surface area contributed by atoms with Crippen molar-refractivity contribution in [2.75, 3.05) is 11.9 Å². The van der Waals surface area contributed by atoms with E-state index in [-0.39, 0.29) is 12.5 Å². The van der Waals surface area contributed by atoms with Crippen molar-refractivity contribution in [1.29, 1.82) is 0 Å². The van der Waals surface area contributed by atoms with Gasteiger partial charge in [-0.2, -0.15) is 0 Å². The number of nitrogens with one attached hydrogen (secondary N) is 1. The molecule has 16 heavy (non-hydrogen) atoms. The van der Waals surface area contributed by atoms with Crippen molar-refractivity contribution < 1.29 is 5.11 Å². The van der Waals surface area contributed by atoms with Gasteiger partial charge in [0.15, 0.2) is 0 Å². The first kappa shape index (κ1) is 13.2. The Kier molecular flexibility index (Phi) is 4.10. The molecule has 0 aliphatic heterocycles. The molecule has 4 nitrogen and oxygen atoms in total. The Morgan fingerprint density at radius 2 is 2.06 bits per heavy atom. The van der Waals surface area contributed by atoms with Crippen LogP contribution in [0.15, 0.2) is 6.33 Å². The summed E-state index contributed by atoms with van der Waals surface area (Å²) in [5.74, 6) is 0.916. The minimum Gasteiger partial charge on any atom is -0.394 e.